The minimum Gasteiger partial charge on any atom is -0.467 e. The molecule has 2 fully saturated rings. The first-order valence-corrected chi connectivity index (χ1v) is 9.50. The van der Waals surface area contributed by atoms with Crippen molar-refractivity contribution in [3.05, 3.63) is 36.7 Å². The number of hydrogen-bond donors (Lipinski definition) is 1. The fraction of sp³-hybridized carbons (Fsp3) is 0.421. The van der Waals surface area contributed by atoms with Crippen molar-refractivity contribution in [2.24, 2.45) is 0 Å². The SMILES string of the molecule is CN1C2CCC1CC(Oc1ncc(-c3ccc4cc[nH]c4c3)s1)C2. The molecule has 0 aliphatic carbocycles. The van der Waals surface area contributed by atoms with Crippen molar-refractivity contribution in [2.45, 2.75) is 43.9 Å². The van der Waals surface area contributed by atoms with E-state index in [1.54, 1.807) is 11.3 Å². The van der Waals surface area contributed by atoms with Gasteiger partial charge in [-0.05, 0) is 55.8 Å². The molecule has 2 aliphatic heterocycles. The summed E-state index contributed by atoms with van der Waals surface area (Å²) in [5.41, 5.74) is 2.36. The standard InChI is InChI=1S/C19H21N3OS/c1-22-14-4-5-15(22)10-16(9-14)23-19-21-11-18(24-19)13-3-2-12-6-7-20-17(12)8-13/h2-3,6-8,11,14-16,20H,4-5,9-10H2,1H3. The summed E-state index contributed by atoms with van der Waals surface area (Å²) >= 11 is 1.65. The first-order valence-electron chi connectivity index (χ1n) is 8.68. The van der Waals surface area contributed by atoms with Gasteiger partial charge >= 0.3 is 0 Å². The Bertz CT molecular complexity index is 856. The maximum absolute atomic E-state index is 6.23. The number of piperidine rings is 1. The number of ether oxygens (including phenoxy) is 1. The zero-order chi connectivity index (χ0) is 16.1. The van der Waals surface area contributed by atoms with Crippen LogP contribution in [0.2, 0.25) is 0 Å². The third kappa shape index (κ3) is 2.43. The Labute approximate surface area is 145 Å². The molecule has 2 unspecified atom stereocenters. The normalized spacial score (nSPS) is 27.0. The molecule has 4 nitrogen and oxygen atoms in total. The van der Waals surface area contributed by atoms with E-state index in [-0.39, 0.29) is 0 Å². The van der Waals surface area contributed by atoms with Crippen LogP contribution in [0.3, 0.4) is 0 Å². The molecule has 5 rings (SSSR count). The van der Waals surface area contributed by atoms with Crippen LogP contribution in [0.1, 0.15) is 25.7 Å². The second-order valence-corrected chi connectivity index (χ2v) is 8.03. The van der Waals surface area contributed by atoms with Crippen molar-refractivity contribution >= 4 is 22.2 Å². The van der Waals surface area contributed by atoms with Crippen LogP contribution in [0.25, 0.3) is 21.3 Å². The van der Waals surface area contributed by atoms with Gasteiger partial charge in [-0.25, -0.2) is 4.98 Å². The third-order valence-electron chi connectivity index (χ3n) is 5.65. The predicted molar refractivity (Wildman–Crippen MR) is 97.6 cm³/mol. The van der Waals surface area contributed by atoms with Crippen LogP contribution in [-0.2, 0) is 0 Å². The van der Waals surface area contributed by atoms with Crippen LogP contribution in [-0.4, -0.2) is 40.1 Å². The molecule has 24 heavy (non-hydrogen) atoms. The van der Waals surface area contributed by atoms with Crippen LogP contribution < -0.4 is 4.74 Å². The Hall–Kier alpha value is -1.85. The number of thiazole rings is 1. The van der Waals surface area contributed by atoms with Crippen molar-refractivity contribution in [3.8, 4) is 15.6 Å². The minimum absolute atomic E-state index is 0.323. The average molecular weight is 339 g/mol. The summed E-state index contributed by atoms with van der Waals surface area (Å²) in [5, 5.41) is 2.05. The molecule has 2 aliphatic rings. The molecule has 0 amide bonds. The van der Waals surface area contributed by atoms with Gasteiger partial charge in [0.2, 0.25) is 0 Å². The molecule has 4 heterocycles. The largest absolute Gasteiger partial charge is 0.467 e. The van der Waals surface area contributed by atoms with Gasteiger partial charge in [0.25, 0.3) is 5.19 Å². The van der Waals surface area contributed by atoms with Gasteiger partial charge in [0.05, 0.1) is 4.88 Å². The third-order valence-corrected chi connectivity index (χ3v) is 6.58. The number of fused-ring (bicyclic) bond motifs is 3. The van der Waals surface area contributed by atoms with Gasteiger partial charge in [-0.1, -0.05) is 23.5 Å². The van der Waals surface area contributed by atoms with Crippen LogP contribution in [0.5, 0.6) is 5.19 Å². The number of aromatic nitrogens is 2. The van der Waals surface area contributed by atoms with Gasteiger partial charge in [-0.15, -0.1) is 0 Å². The molecule has 2 atom stereocenters. The Morgan fingerprint density at radius 2 is 2.04 bits per heavy atom. The Kier molecular flexibility index (Phi) is 3.38. The molecular weight excluding hydrogens is 318 g/mol. The molecular formula is C19H21N3OS. The summed E-state index contributed by atoms with van der Waals surface area (Å²) in [7, 11) is 2.26. The molecule has 0 saturated carbocycles. The Morgan fingerprint density at radius 1 is 1.21 bits per heavy atom. The van der Waals surface area contributed by atoms with Crippen molar-refractivity contribution in [1.82, 2.24) is 14.9 Å². The van der Waals surface area contributed by atoms with Gasteiger partial charge in [0.15, 0.2) is 0 Å². The molecule has 2 bridgehead atoms. The van der Waals surface area contributed by atoms with Crippen LogP contribution in [0.4, 0.5) is 0 Å². The highest BCUT2D eigenvalue weighted by molar-refractivity contribution is 7.16. The maximum Gasteiger partial charge on any atom is 0.273 e. The number of aromatic amines is 1. The van der Waals surface area contributed by atoms with E-state index in [0.29, 0.717) is 18.2 Å². The monoisotopic (exact) mass is 339 g/mol. The fourth-order valence-corrected chi connectivity index (χ4v) is 5.08. The molecule has 2 saturated heterocycles. The summed E-state index contributed by atoms with van der Waals surface area (Å²) < 4.78 is 6.23. The predicted octanol–water partition coefficient (Wildman–Crippen LogP) is 4.30. The summed E-state index contributed by atoms with van der Waals surface area (Å²) in [6, 6.07) is 9.98. The van der Waals surface area contributed by atoms with E-state index >= 15 is 0 Å². The van der Waals surface area contributed by atoms with Crippen molar-refractivity contribution in [3.63, 3.8) is 0 Å². The number of rotatable bonds is 3. The van der Waals surface area contributed by atoms with Crippen molar-refractivity contribution in [1.29, 1.82) is 0 Å². The van der Waals surface area contributed by atoms with Crippen LogP contribution >= 0.6 is 11.3 Å². The van der Waals surface area contributed by atoms with Gasteiger partial charge in [0, 0.05) is 30.0 Å². The molecule has 124 valence electrons. The zero-order valence-corrected chi connectivity index (χ0v) is 14.6. The molecule has 0 radical (unpaired) electrons. The first kappa shape index (κ1) is 14.5. The molecule has 1 aromatic carbocycles. The van der Waals surface area contributed by atoms with Crippen LogP contribution in [0.15, 0.2) is 36.7 Å². The van der Waals surface area contributed by atoms with Gasteiger partial charge < -0.3 is 14.6 Å². The van der Waals surface area contributed by atoms with Crippen LogP contribution in [0, 0.1) is 0 Å². The van der Waals surface area contributed by atoms with E-state index in [1.165, 1.54) is 23.8 Å². The minimum atomic E-state index is 0.323. The zero-order valence-electron chi connectivity index (χ0n) is 13.7. The first-order chi connectivity index (χ1) is 11.8. The number of benzene rings is 1. The Morgan fingerprint density at radius 3 is 2.88 bits per heavy atom. The summed E-state index contributed by atoms with van der Waals surface area (Å²) in [4.78, 5) is 11.5. The molecule has 2 aromatic heterocycles. The highest BCUT2D eigenvalue weighted by Gasteiger charge is 2.39. The smallest absolute Gasteiger partial charge is 0.273 e. The van der Waals surface area contributed by atoms with E-state index in [4.69, 9.17) is 4.74 Å². The number of hydrogen-bond acceptors (Lipinski definition) is 4. The quantitative estimate of drug-likeness (QED) is 0.774. The highest BCUT2D eigenvalue weighted by atomic mass is 32.1. The van der Waals surface area contributed by atoms with Gasteiger partial charge in [-0.3, -0.25) is 0 Å². The average Bonchev–Trinajstić information content (AvgIpc) is 3.27. The molecule has 1 N–H and O–H groups in total. The summed E-state index contributed by atoms with van der Waals surface area (Å²) in [6.45, 7) is 0. The van der Waals surface area contributed by atoms with Crippen molar-refractivity contribution in [2.75, 3.05) is 7.05 Å². The van der Waals surface area contributed by atoms with E-state index in [1.807, 2.05) is 12.4 Å². The lowest BCUT2D eigenvalue weighted by molar-refractivity contribution is 0.0660. The molecule has 3 aromatic rings. The highest BCUT2D eigenvalue weighted by Crippen LogP contribution is 2.38. The lowest BCUT2D eigenvalue weighted by Crippen LogP contribution is -2.43. The van der Waals surface area contributed by atoms with Gasteiger partial charge in [-0.2, -0.15) is 0 Å². The van der Waals surface area contributed by atoms with E-state index in [9.17, 15) is 0 Å². The van der Waals surface area contributed by atoms with E-state index in [0.717, 1.165) is 28.4 Å². The lowest BCUT2D eigenvalue weighted by Gasteiger charge is -2.35. The van der Waals surface area contributed by atoms with E-state index < -0.39 is 0 Å². The second kappa shape index (κ2) is 5.60. The second-order valence-electron chi connectivity index (χ2n) is 7.03. The summed E-state index contributed by atoms with van der Waals surface area (Å²) in [5.74, 6) is 0. The number of H-pyrrole nitrogens is 1. The number of nitrogens with zero attached hydrogens (tertiary/aromatic N) is 2. The maximum atomic E-state index is 6.23. The van der Waals surface area contributed by atoms with Gasteiger partial charge in [0.1, 0.15) is 6.10 Å². The van der Waals surface area contributed by atoms with Crippen molar-refractivity contribution < 1.29 is 4.74 Å². The molecule has 5 heteroatoms. The number of nitrogens with one attached hydrogen (secondary N) is 1. The molecule has 0 spiro atoms. The Balaban J connectivity index is 1.34. The lowest BCUT2D eigenvalue weighted by atomic mass is 10.0. The fourth-order valence-electron chi connectivity index (χ4n) is 4.25. The summed E-state index contributed by atoms with van der Waals surface area (Å²) in [6.07, 6.45) is 9.15. The topological polar surface area (TPSA) is 41.1 Å². The van der Waals surface area contributed by atoms with E-state index in [2.05, 4.69) is 46.2 Å².